The Hall–Kier alpha value is -1.30. The highest BCUT2D eigenvalue weighted by molar-refractivity contribution is 14.0. The number of anilines is 1. The highest BCUT2D eigenvalue weighted by Gasteiger charge is 2.18. The number of rotatable bonds is 9. The van der Waals surface area contributed by atoms with E-state index in [4.69, 9.17) is 4.74 Å². The van der Waals surface area contributed by atoms with Crippen LogP contribution in [0.3, 0.4) is 0 Å². The predicted octanol–water partition coefficient (Wildman–Crippen LogP) is 3.58. The second-order valence-electron chi connectivity index (χ2n) is 7.81. The lowest BCUT2D eigenvalue weighted by Crippen LogP contribution is -2.48. The molecule has 1 aromatic rings. The maximum Gasteiger partial charge on any atom is 0.407 e. The molecule has 8 nitrogen and oxygen atoms in total. The van der Waals surface area contributed by atoms with Gasteiger partial charge in [-0.15, -0.1) is 35.3 Å². The average molecular weight is 541 g/mol. The quantitative estimate of drug-likeness (QED) is 0.252. The molecular formula is C19H37IN6O2S. The third-order valence-corrected chi connectivity index (χ3v) is 4.78. The second kappa shape index (κ2) is 13.8. The van der Waals surface area contributed by atoms with E-state index in [1.54, 1.807) is 18.4 Å². The summed E-state index contributed by atoms with van der Waals surface area (Å²) in [5.41, 5.74) is 0.459. The number of halogens is 1. The second-order valence-corrected chi connectivity index (χ2v) is 8.64. The van der Waals surface area contributed by atoms with Crippen molar-refractivity contribution in [2.24, 2.45) is 4.99 Å². The molecule has 0 radical (unpaired) electrons. The topological polar surface area (TPSA) is 90.9 Å². The minimum absolute atomic E-state index is 0. The van der Waals surface area contributed by atoms with E-state index in [0.717, 1.165) is 30.1 Å². The van der Waals surface area contributed by atoms with Crippen molar-refractivity contribution in [2.75, 3.05) is 32.6 Å². The zero-order chi connectivity index (χ0) is 21.2. The number of guanidine groups is 1. The number of hydrogen-bond acceptors (Lipinski definition) is 6. The molecule has 1 atom stereocenters. The van der Waals surface area contributed by atoms with E-state index >= 15 is 0 Å². The van der Waals surface area contributed by atoms with Gasteiger partial charge in [0.2, 0.25) is 0 Å². The summed E-state index contributed by atoms with van der Waals surface area (Å²) in [4.78, 5) is 22.8. The molecule has 0 aliphatic heterocycles. The van der Waals surface area contributed by atoms with Crippen molar-refractivity contribution < 1.29 is 9.53 Å². The number of carbonyl (C=O) groups is 1. The number of unbranched alkanes of at least 4 members (excludes halogenated alkanes) is 1. The molecule has 29 heavy (non-hydrogen) atoms. The van der Waals surface area contributed by atoms with Crippen molar-refractivity contribution >= 4 is 52.5 Å². The van der Waals surface area contributed by atoms with Gasteiger partial charge in [-0.05, 0) is 27.2 Å². The van der Waals surface area contributed by atoms with E-state index in [9.17, 15) is 4.79 Å². The van der Waals surface area contributed by atoms with Crippen molar-refractivity contribution in [3.05, 3.63) is 11.1 Å². The minimum Gasteiger partial charge on any atom is -0.444 e. The fraction of sp³-hybridized carbons (Fsp3) is 0.737. The van der Waals surface area contributed by atoms with Gasteiger partial charge >= 0.3 is 6.09 Å². The Labute approximate surface area is 196 Å². The molecule has 0 aliphatic rings. The van der Waals surface area contributed by atoms with Gasteiger partial charge in [-0.25, -0.2) is 9.78 Å². The monoisotopic (exact) mass is 540 g/mol. The maximum absolute atomic E-state index is 11.9. The normalized spacial score (nSPS) is 12.6. The number of amides is 1. The van der Waals surface area contributed by atoms with Crippen LogP contribution in [-0.2, 0) is 11.3 Å². The molecule has 1 heterocycles. The molecular weight excluding hydrogens is 503 g/mol. The number of carbonyl (C=O) groups excluding carboxylic acids is 1. The van der Waals surface area contributed by atoms with Crippen LogP contribution in [0.4, 0.5) is 9.93 Å². The minimum atomic E-state index is -0.507. The van der Waals surface area contributed by atoms with E-state index in [2.05, 4.69) is 32.9 Å². The summed E-state index contributed by atoms with van der Waals surface area (Å²) >= 11 is 1.61. The van der Waals surface area contributed by atoms with Gasteiger partial charge in [0, 0.05) is 39.1 Å². The summed E-state index contributed by atoms with van der Waals surface area (Å²) in [5, 5.41) is 12.5. The lowest BCUT2D eigenvalue weighted by Gasteiger charge is -2.24. The molecule has 1 unspecified atom stereocenters. The average Bonchev–Trinajstić information content (AvgIpc) is 3.08. The van der Waals surface area contributed by atoms with E-state index < -0.39 is 11.7 Å². The molecule has 3 N–H and O–H groups in total. The van der Waals surface area contributed by atoms with Crippen LogP contribution in [0.25, 0.3) is 0 Å². The Kier molecular flexibility index (Phi) is 13.2. The lowest BCUT2D eigenvalue weighted by atomic mass is 10.1. The Morgan fingerprint density at radius 3 is 2.55 bits per heavy atom. The number of aromatic nitrogens is 1. The molecule has 0 spiro atoms. The number of nitrogens with zero attached hydrogens (tertiary/aromatic N) is 3. The highest BCUT2D eigenvalue weighted by atomic mass is 127. The Bertz CT molecular complexity index is 630. The maximum atomic E-state index is 11.9. The highest BCUT2D eigenvalue weighted by Crippen LogP contribution is 2.17. The first-order chi connectivity index (χ1) is 13.1. The van der Waals surface area contributed by atoms with E-state index in [-0.39, 0.29) is 30.0 Å². The van der Waals surface area contributed by atoms with Crippen LogP contribution in [0.5, 0.6) is 0 Å². The smallest absolute Gasteiger partial charge is 0.407 e. The molecule has 0 fully saturated rings. The SMILES string of the molecule is CCCCC(CNC(=O)OC(C)(C)C)NC(=NC)NCc1csc(N(C)C)n1.I. The van der Waals surface area contributed by atoms with Gasteiger partial charge in [-0.2, -0.15) is 0 Å². The van der Waals surface area contributed by atoms with Crippen LogP contribution in [0.1, 0.15) is 52.7 Å². The number of thiazole rings is 1. The summed E-state index contributed by atoms with van der Waals surface area (Å²) in [6.45, 7) is 8.76. The molecule has 0 saturated heterocycles. The number of aliphatic imine (C=N–C) groups is 1. The van der Waals surface area contributed by atoms with Gasteiger partial charge < -0.3 is 25.6 Å². The summed E-state index contributed by atoms with van der Waals surface area (Å²) in [7, 11) is 5.69. The van der Waals surface area contributed by atoms with Gasteiger partial charge in [0.25, 0.3) is 0 Å². The number of hydrogen-bond donors (Lipinski definition) is 3. The van der Waals surface area contributed by atoms with Gasteiger partial charge in [-0.3, -0.25) is 4.99 Å². The van der Waals surface area contributed by atoms with Gasteiger partial charge in [-0.1, -0.05) is 19.8 Å². The molecule has 1 amide bonds. The van der Waals surface area contributed by atoms with Crippen molar-refractivity contribution in [2.45, 2.75) is 65.1 Å². The largest absolute Gasteiger partial charge is 0.444 e. The van der Waals surface area contributed by atoms with Crippen LogP contribution < -0.4 is 20.9 Å². The van der Waals surface area contributed by atoms with E-state index in [0.29, 0.717) is 19.0 Å². The molecule has 0 aliphatic carbocycles. The van der Waals surface area contributed by atoms with Crippen LogP contribution in [-0.4, -0.2) is 56.4 Å². The zero-order valence-corrected chi connectivity index (χ0v) is 21.8. The standard InChI is InChI=1S/C19H36N6O2S.HI/c1-8-9-10-14(11-22-18(26)27-19(2,3)4)23-16(20-5)21-12-15-13-28-17(24-15)25(6)7;/h13-14H,8-12H2,1-7H3,(H,22,26)(H2,20,21,23);1H. The van der Waals surface area contributed by atoms with Crippen molar-refractivity contribution in [3.63, 3.8) is 0 Å². The Balaban J connectivity index is 0.00000784. The Morgan fingerprint density at radius 2 is 2.03 bits per heavy atom. The molecule has 0 aromatic carbocycles. The number of alkyl carbamates (subject to hydrolysis) is 1. The van der Waals surface area contributed by atoms with Crippen LogP contribution in [0.2, 0.25) is 0 Å². The van der Waals surface area contributed by atoms with Gasteiger partial charge in [0.1, 0.15) is 5.60 Å². The first-order valence-corrected chi connectivity index (χ1v) is 10.6. The van der Waals surface area contributed by atoms with Crippen molar-refractivity contribution in [1.82, 2.24) is 20.9 Å². The molecule has 0 bridgehead atoms. The van der Waals surface area contributed by atoms with Crippen LogP contribution >= 0.6 is 35.3 Å². The molecule has 1 aromatic heterocycles. The fourth-order valence-electron chi connectivity index (χ4n) is 2.34. The third kappa shape index (κ3) is 12.1. The van der Waals surface area contributed by atoms with Crippen molar-refractivity contribution in [3.8, 4) is 0 Å². The number of ether oxygens (including phenoxy) is 1. The lowest BCUT2D eigenvalue weighted by molar-refractivity contribution is 0.0523. The molecule has 10 heteroatoms. The van der Waals surface area contributed by atoms with Crippen molar-refractivity contribution in [1.29, 1.82) is 0 Å². The van der Waals surface area contributed by atoms with Crippen LogP contribution in [0.15, 0.2) is 10.4 Å². The molecule has 168 valence electrons. The summed E-state index contributed by atoms with van der Waals surface area (Å²) in [5.74, 6) is 0.687. The first kappa shape index (κ1) is 27.7. The number of nitrogens with one attached hydrogen (secondary N) is 3. The first-order valence-electron chi connectivity index (χ1n) is 9.70. The summed E-state index contributed by atoms with van der Waals surface area (Å²) < 4.78 is 5.32. The summed E-state index contributed by atoms with van der Waals surface area (Å²) in [6.07, 6.45) is 2.66. The zero-order valence-electron chi connectivity index (χ0n) is 18.7. The fourth-order valence-corrected chi connectivity index (χ4v) is 3.10. The van der Waals surface area contributed by atoms with Gasteiger partial charge in [0.05, 0.1) is 12.2 Å². The van der Waals surface area contributed by atoms with Gasteiger partial charge in [0.15, 0.2) is 11.1 Å². The molecule has 1 rings (SSSR count). The van der Waals surface area contributed by atoms with Crippen LogP contribution in [0, 0.1) is 0 Å². The van der Waals surface area contributed by atoms with E-state index in [1.165, 1.54) is 0 Å². The summed E-state index contributed by atoms with van der Waals surface area (Å²) in [6, 6.07) is 0.0615. The molecule has 0 saturated carbocycles. The Morgan fingerprint density at radius 1 is 1.34 bits per heavy atom. The van der Waals surface area contributed by atoms with E-state index in [1.807, 2.05) is 45.1 Å². The predicted molar refractivity (Wildman–Crippen MR) is 133 cm³/mol. The third-order valence-electron chi connectivity index (χ3n) is 3.72.